The molecule has 1 aliphatic rings. The summed E-state index contributed by atoms with van der Waals surface area (Å²) in [5.41, 5.74) is -0.0666. The molecule has 2 heterocycles. The van der Waals surface area contributed by atoms with Gasteiger partial charge in [-0.1, -0.05) is 22.9 Å². The zero-order chi connectivity index (χ0) is 18.8. The van der Waals surface area contributed by atoms with Gasteiger partial charge in [-0.25, -0.2) is 4.39 Å². The van der Waals surface area contributed by atoms with Crippen LogP contribution in [0.15, 0.2) is 30.3 Å². The number of amides is 2. The van der Waals surface area contributed by atoms with Gasteiger partial charge in [-0.05, 0) is 24.3 Å². The molecule has 0 bridgehead atoms. The summed E-state index contributed by atoms with van der Waals surface area (Å²) in [6, 6.07) is 6.58. The Morgan fingerprint density at radius 2 is 1.69 bits per heavy atom. The van der Waals surface area contributed by atoms with Gasteiger partial charge >= 0.3 is 5.00 Å². The fourth-order valence-corrected chi connectivity index (χ4v) is 3.59. The molecular formula is C16H13ClFN3O4S. The second-order valence-electron chi connectivity index (χ2n) is 5.60. The zero-order valence-corrected chi connectivity index (χ0v) is 14.9. The molecule has 0 spiro atoms. The molecule has 0 aliphatic carbocycles. The van der Waals surface area contributed by atoms with Crippen molar-refractivity contribution in [2.24, 2.45) is 0 Å². The van der Waals surface area contributed by atoms with Crippen molar-refractivity contribution in [1.29, 1.82) is 0 Å². The van der Waals surface area contributed by atoms with Gasteiger partial charge < -0.3 is 9.80 Å². The van der Waals surface area contributed by atoms with Crippen molar-refractivity contribution in [2.75, 3.05) is 26.2 Å². The number of halogens is 2. The minimum atomic E-state index is -0.688. The van der Waals surface area contributed by atoms with E-state index >= 15 is 0 Å². The van der Waals surface area contributed by atoms with Gasteiger partial charge in [0.1, 0.15) is 5.82 Å². The maximum atomic E-state index is 13.9. The SMILES string of the molecule is O=C(c1ccc([N+](=O)[O-])s1)N1CCN(C(=O)c2ccc(Cl)cc2F)CC1. The highest BCUT2D eigenvalue weighted by atomic mass is 35.5. The lowest BCUT2D eigenvalue weighted by Gasteiger charge is -2.34. The van der Waals surface area contributed by atoms with Crippen LogP contribution >= 0.6 is 22.9 Å². The molecule has 0 unspecified atom stereocenters. The summed E-state index contributed by atoms with van der Waals surface area (Å²) >= 11 is 6.51. The lowest BCUT2D eigenvalue weighted by atomic mass is 10.1. The number of hydrogen-bond acceptors (Lipinski definition) is 5. The maximum absolute atomic E-state index is 13.9. The molecule has 0 saturated carbocycles. The van der Waals surface area contributed by atoms with Crippen LogP contribution in [-0.4, -0.2) is 52.7 Å². The highest BCUT2D eigenvalue weighted by Gasteiger charge is 2.28. The van der Waals surface area contributed by atoms with E-state index in [-0.39, 0.29) is 52.6 Å². The van der Waals surface area contributed by atoms with Crippen LogP contribution in [0, 0.1) is 15.9 Å². The standard InChI is InChI=1S/C16H13ClFN3O4S/c17-10-1-2-11(12(18)9-10)15(22)19-5-7-20(8-6-19)16(23)13-3-4-14(26-13)21(24)25/h1-4,9H,5-8H2. The zero-order valence-electron chi connectivity index (χ0n) is 13.4. The predicted molar refractivity (Wildman–Crippen MR) is 94.2 cm³/mol. The maximum Gasteiger partial charge on any atom is 0.324 e. The summed E-state index contributed by atoms with van der Waals surface area (Å²) in [5, 5.41) is 10.8. The van der Waals surface area contributed by atoms with E-state index < -0.39 is 16.6 Å². The first kappa shape index (κ1) is 18.3. The molecule has 136 valence electrons. The predicted octanol–water partition coefficient (Wildman–Crippen LogP) is 3.05. The van der Waals surface area contributed by atoms with Crippen molar-refractivity contribution in [3.8, 4) is 0 Å². The van der Waals surface area contributed by atoms with E-state index in [2.05, 4.69) is 0 Å². The van der Waals surface area contributed by atoms with Crippen LogP contribution in [0.1, 0.15) is 20.0 Å². The van der Waals surface area contributed by atoms with Crippen LogP contribution in [0.25, 0.3) is 0 Å². The number of piperazine rings is 1. The summed E-state index contributed by atoms with van der Waals surface area (Å²) in [5.74, 6) is -1.46. The minimum Gasteiger partial charge on any atom is -0.335 e. The third-order valence-corrected chi connectivity index (χ3v) is 5.26. The molecule has 3 rings (SSSR count). The largest absolute Gasteiger partial charge is 0.335 e. The number of nitrogens with zero attached hydrogens (tertiary/aromatic N) is 3. The lowest BCUT2D eigenvalue weighted by Crippen LogP contribution is -2.50. The van der Waals surface area contributed by atoms with Crippen molar-refractivity contribution in [3.63, 3.8) is 0 Å². The number of carbonyl (C=O) groups is 2. The average Bonchev–Trinajstić information content (AvgIpc) is 3.11. The first-order valence-corrected chi connectivity index (χ1v) is 8.84. The van der Waals surface area contributed by atoms with Crippen LogP contribution in [0.2, 0.25) is 5.02 Å². The Morgan fingerprint density at radius 3 is 2.23 bits per heavy atom. The summed E-state index contributed by atoms with van der Waals surface area (Å²) in [7, 11) is 0. The molecule has 1 aromatic carbocycles. The fraction of sp³-hybridized carbons (Fsp3) is 0.250. The van der Waals surface area contributed by atoms with E-state index in [0.29, 0.717) is 0 Å². The Balaban J connectivity index is 1.64. The van der Waals surface area contributed by atoms with Gasteiger partial charge in [0, 0.05) is 37.3 Å². The smallest absolute Gasteiger partial charge is 0.324 e. The molecule has 26 heavy (non-hydrogen) atoms. The Bertz CT molecular complexity index is 880. The van der Waals surface area contributed by atoms with Crippen LogP contribution in [-0.2, 0) is 0 Å². The summed E-state index contributed by atoms with van der Waals surface area (Å²) in [6.45, 7) is 1.04. The van der Waals surface area contributed by atoms with Gasteiger partial charge in [0.05, 0.1) is 15.4 Å². The Kier molecular flexibility index (Phi) is 5.19. The highest BCUT2D eigenvalue weighted by molar-refractivity contribution is 7.17. The summed E-state index contributed by atoms with van der Waals surface area (Å²) in [6.07, 6.45) is 0. The van der Waals surface area contributed by atoms with Crippen molar-refractivity contribution in [3.05, 3.63) is 61.7 Å². The van der Waals surface area contributed by atoms with Crippen LogP contribution in [0.4, 0.5) is 9.39 Å². The van der Waals surface area contributed by atoms with Gasteiger partial charge in [0.2, 0.25) is 0 Å². The quantitative estimate of drug-likeness (QED) is 0.588. The van der Waals surface area contributed by atoms with E-state index in [4.69, 9.17) is 11.6 Å². The van der Waals surface area contributed by atoms with E-state index in [0.717, 1.165) is 17.4 Å². The van der Waals surface area contributed by atoms with Crippen LogP contribution < -0.4 is 0 Å². The molecule has 7 nitrogen and oxygen atoms in total. The average molecular weight is 398 g/mol. The molecule has 2 aromatic rings. The normalized spacial score (nSPS) is 14.4. The van der Waals surface area contributed by atoms with Crippen molar-refractivity contribution >= 4 is 39.8 Å². The molecule has 0 radical (unpaired) electrons. The topological polar surface area (TPSA) is 83.8 Å². The first-order chi connectivity index (χ1) is 12.4. The molecule has 1 aromatic heterocycles. The number of thiophene rings is 1. The van der Waals surface area contributed by atoms with Crippen LogP contribution in [0.3, 0.4) is 0 Å². The summed E-state index contributed by atoms with van der Waals surface area (Å²) < 4.78 is 13.9. The Labute approximate surface area is 156 Å². The molecule has 0 N–H and O–H groups in total. The fourth-order valence-electron chi connectivity index (χ4n) is 2.64. The highest BCUT2D eigenvalue weighted by Crippen LogP contribution is 2.25. The molecule has 1 saturated heterocycles. The molecular weight excluding hydrogens is 385 g/mol. The third kappa shape index (κ3) is 3.68. The third-order valence-electron chi connectivity index (χ3n) is 4.00. The number of carbonyl (C=O) groups excluding carboxylic acids is 2. The van der Waals surface area contributed by atoms with Gasteiger partial charge in [0.25, 0.3) is 11.8 Å². The molecule has 1 aliphatic heterocycles. The van der Waals surface area contributed by atoms with Gasteiger partial charge in [-0.15, -0.1) is 0 Å². The number of benzene rings is 1. The summed E-state index contributed by atoms with van der Waals surface area (Å²) in [4.78, 5) is 38.3. The van der Waals surface area contributed by atoms with Gasteiger partial charge in [0.15, 0.2) is 0 Å². The number of hydrogen-bond donors (Lipinski definition) is 0. The van der Waals surface area contributed by atoms with E-state index in [1.807, 2.05) is 0 Å². The Morgan fingerprint density at radius 1 is 1.08 bits per heavy atom. The van der Waals surface area contributed by atoms with Gasteiger partial charge in [-0.2, -0.15) is 0 Å². The Hall–Kier alpha value is -2.52. The molecule has 0 atom stereocenters. The number of nitro groups is 1. The van der Waals surface area contributed by atoms with Crippen molar-refractivity contribution in [2.45, 2.75) is 0 Å². The van der Waals surface area contributed by atoms with E-state index in [1.54, 1.807) is 0 Å². The van der Waals surface area contributed by atoms with Crippen molar-refractivity contribution in [1.82, 2.24) is 9.80 Å². The second-order valence-corrected chi connectivity index (χ2v) is 7.10. The molecule has 10 heteroatoms. The van der Waals surface area contributed by atoms with E-state index in [1.165, 1.54) is 34.1 Å². The first-order valence-electron chi connectivity index (χ1n) is 7.64. The second kappa shape index (κ2) is 7.38. The molecule has 2 amide bonds. The minimum absolute atomic E-state index is 0.0666. The molecule has 1 fully saturated rings. The van der Waals surface area contributed by atoms with Crippen molar-refractivity contribution < 1.29 is 18.9 Å². The number of rotatable bonds is 3. The van der Waals surface area contributed by atoms with Gasteiger partial charge in [-0.3, -0.25) is 19.7 Å². The lowest BCUT2D eigenvalue weighted by molar-refractivity contribution is -0.380. The van der Waals surface area contributed by atoms with Crippen LogP contribution in [0.5, 0.6) is 0 Å². The monoisotopic (exact) mass is 397 g/mol. The van der Waals surface area contributed by atoms with E-state index in [9.17, 15) is 24.1 Å².